The van der Waals surface area contributed by atoms with Gasteiger partial charge in [0.1, 0.15) is 11.2 Å². The maximum absolute atomic E-state index is 6.35. The van der Waals surface area contributed by atoms with Crippen LogP contribution in [0.1, 0.15) is 16.9 Å². The van der Waals surface area contributed by atoms with Gasteiger partial charge in [0.25, 0.3) is 0 Å². The lowest BCUT2D eigenvalue weighted by Crippen LogP contribution is -1.98. The Labute approximate surface area is 390 Å². The van der Waals surface area contributed by atoms with Gasteiger partial charge in [-0.05, 0) is 106 Å². The smallest absolute Gasteiger partial charge is 0.160 e. The molecule has 0 N–H and O–H groups in total. The Balaban J connectivity index is 0.966. The number of fused-ring (bicyclic) bond motifs is 11. The van der Waals surface area contributed by atoms with Crippen molar-refractivity contribution in [2.24, 2.45) is 0 Å². The van der Waals surface area contributed by atoms with Crippen LogP contribution in [0.4, 0.5) is 0 Å². The topological polar surface area (TPSA) is 43.9 Å². The Morgan fingerprint density at radius 1 is 0.478 bits per heavy atom. The van der Waals surface area contributed by atoms with Crippen molar-refractivity contribution >= 4 is 82.0 Å². The molecule has 0 bridgehead atoms. The molecule has 14 rings (SSSR count). The number of nitrogens with zero attached hydrogens (tertiary/aromatic N) is 3. The van der Waals surface area contributed by atoms with Crippen molar-refractivity contribution in [3.63, 3.8) is 0 Å². The first kappa shape index (κ1) is 37.9. The zero-order valence-electron chi connectivity index (χ0n) is 36.3. The van der Waals surface area contributed by atoms with E-state index in [0.29, 0.717) is 5.82 Å². The highest BCUT2D eigenvalue weighted by atomic mass is 32.1. The van der Waals surface area contributed by atoms with Gasteiger partial charge >= 0.3 is 0 Å². The van der Waals surface area contributed by atoms with Gasteiger partial charge in [0.15, 0.2) is 5.82 Å². The molecule has 0 saturated carbocycles. The van der Waals surface area contributed by atoms with E-state index in [0.717, 1.165) is 74.1 Å². The van der Waals surface area contributed by atoms with Gasteiger partial charge in [0, 0.05) is 59.1 Å². The van der Waals surface area contributed by atoms with Crippen LogP contribution in [-0.4, -0.2) is 14.5 Å². The van der Waals surface area contributed by atoms with Crippen LogP contribution in [0.2, 0.25) is 0 Å². The van der Waals surface area contributed by atoms with E-state index in [1.807, 2.05) is 41.7 Å². The highest BCUT2D eigenvalue weighted by Gasteiger charge is 2.21. The average Bonchev–Trinajstić information content (AvgIpc) is 4.08. The molecule has 0 radical (unpaired) electrons. The fraction of sp³-hybridized carbons (Fsp3) is 0.0323. The number of hydrogen-bond acceptors (Lipinski definition) is 4. The summed E-state index contributed by atoms with van der Waals surface area (Å²) in [4.78, 5) is 11.9. The zero-order chi connectivity index (χ0) is 44.0. The van der Waals surface area contributed by atoms with Crippen LogP contribution in [0, 0.1) is 0 Å². The summed E-state index contributed by atoms with van der Waals surface area (Å²) in [7, 11) is 0. The number of aromatic nitrogens is 3. The van der Waals surface area contributed by atoms with Gasteiger partial charge in [-0.2, -0.15) is 0 Å². The van der Waals surface area contributed by atoms with E-state index in [-0.39, 0.29) is 0 Å². The van der Waals surface area contributed by atoms with Gasteiger partial charge in [-0.3, -0.25) is 0 Å². The Bertz CT molecular complexity index is 4170. The molecule has 5 heteroatoms. The number of allylic oxidation sites excluding steroid dienone is 1. The largest absolute Gasteiger partial charge is 0.456 e. The predicted octanol–water partition coefficient (Wildman–Crippen LogP) is 17.1. The minimum Gasteiger partial charge on any atom is -0.456 e. The molecule has 4 heterocycles. The molecule has 0 unspecified atom stereocenters. The van der Waals surface area contributed by atoms with Gasteiger partial charge in [-0.1, -0.05) is 158 Å². The number of furan rings is 1. The molecular weight excluding hydrogens is 835 g/mol. The lowest BCUT2D eigenvalue weighted by atomic mass is 9.95. The van der Waals surface area contributed by atoms with E-state index in [9.17, 15) is 0 Å². The number of hydrogen-bond donors (Lipinski definition) is 0. The maximum Gasteiger partial charge on any atom is 0.160 e. The third-order valence-corrected chi connectivity index (χ3v) is 14.9. The molecule has 4 nitrogen and oxygen atoms in total. The molecule has 0 spiro atoms. The molecule has 67 heavy (non-hydrogen) atoms. The van der Waals surface area contributed by atoms with Crippen LogP contribution in [0.5, 0.6) is 0 Å². The number of rotatable bonds is 6. The summed E-state index contributed by atoms with van der Waals surface area (Å²) in [5.41, 5.74) is 16.1. The van der Waals surface area contributed by atoms with Crippen molar-refractivity contribution in [1.82, 2.24) is 14.5 Å². The Morgan fingerprint density at radius 3 is 2.06 bits per heavy atom. The van der Waals surface area contributed by atoms with Crippen LogP contribution in [0.15, 0.2) is 211 Å². The van der Waals surface area contributed by atoms with Gasteiger partial charge in [0.05, 0.1) is 22.4 Å². The summed E-state index contributed by atoms with van der Waals surface area (Å²) >= 11 is 1.92. The van der Waals surface area contributed by atoms with E-state index >= 15 is 0 Å². The predicted molar refractivity (Wildman–Crippen MR) is 281 cm³/mol. The van der Waals surface area contributed by atoms with Crippen molar-refractivity contribution in [3.8, 4) is 61.8 Å². The molecule has 0 aliphatic heterocycles. The van der Waals surface area contributed by atoms with Gasteiger partial charge < -0.3 is 8.98 Å². The average molecular weight is 874 g/mol. The number of thiophene rings is 1. The molecule has 0 amide bonds. The monoisotopic (exact) mass is 873 g/mol. The van der Waals surface area contributed by atoms with E-state index in [2.05, 4.69) is 187 Å². The minimum atomic E-state index is 0.670. The minimum absolute atomic E-state index is 0.670. The highest BCUT2D eigenvalue weighted by molar-refractivity contribution is 7.20. The Hall–Kier alpha value is -8.38. The van der Waals surface area contributed by atoms with Gasteiger partial charge in [0.2, 0.25) is 0 Å². The molecule has 0 atom stereocenters. The van der Waals surface area contributed by atoms with Crippen LogP contribution in [0.25, 0.3) is 133 Å². The molecule has 314 valence electrons. The Kier molecular flexibility index (Phi) is 8.55. The summed E-state index contributed by atoms with van der Waals surface area (Å²) in [6, 6.07) is 71.9. The second-order valence-electron chi connectivity index (χ2n) is 17.6. The van der Waals surface area contributed by atoms with Crippen LogP contribution >= 0.6 is 11.3 Å². The summed E-state index contributed by atoms with van der Waals surface area (Å²) < 4.78 is 10.2. The van der Waals surface area contributed by atoms with Gasteiger partial charge in [-0.15, -0.1) is 11.3 Å². The second-order valence-corrected chi connectivity index (χ2v) is 18.6. The molecule has 0 saturated heterocycles. The molecule has 1 aliphatic carbocycles. The van der Waals surface area contributed by atoms with Crippen molar-refractivity contribution in [2.75, 3.05) is 0 Å². The lowest BCUT2D eigenvalue weighted by Gasteiger charge is -2.14. The number of aryl methyl sites for hydroxylation is 1. The fourth-order valence-electron chi connectivity index (χ4n) is 10.6. The summed E-state index contributed by atoms with van der Waals surface area (Å²) in [5.74, 6) is 0.670. The summed E-state index contributed by atoms with van der Waals surface area (Å²) in [6.07, 6.45) is 6.83. The van der Waals surface area contributed by atoms with Crippen molar-refractivity contribution in [2.45, 2.75) is 12.8 Å². The van der Waals surface area contributed by atoms with Crippen molar-refractivity contribution in [3.05, 3.63) is 217 Å². The normalized spacial score (nSPS) is 12.6. The van der Waals surface area contributed by atoms with Crippen LogP contribution in [-0.2, 0) is 6.42 Å². The molecule has 0 fully saturated rings. The second kappa shape index (κ2) is 15.1. The van der Waals surface area contributed by atoms with E-state index in [1.165, 1.54) is 69.8 Å². The Morgan fingerprint density at radius 2 is 1.16 bits per heavy atom. The first-order chi connectivity index (χ1) is 33.2. The molecular formula is C62H39N3OS. The first-order valence-electron chi connectivity index (χ1n) is 22.9. The standard InChI is InChI=1S/C62H39N3OS/c1-2-15-39(16-3-1)62-63-53(37-54(64-62)43-30-32-49-48-22-6-8-28-56(48)66-57(49)36-43)42-19-11-20-44(35-42)65-55-33-31-38-14-4-5-21-45(38)59(55)52-27-12-24-46(60(52)65)40-17-10-18-41(34-40)47-25-13-26-51-50-23-7-9-29-58(50)67-61(47)51/h1-6,8-22,24-37H,7,23H2. The first-order valence-corrected chi connectivity index (χ1v) is 23.8. The zero-order valence-corrected chi connectivity index (χ0v) is 37.1. The molecule has 13 aromatic rings. The number of para-hydroxylation sites is 2. The van der Waals surface area contributed by atoms with Crippen LogP contribution in [0.3, 0.4) is 0 Å². The summed E-state index contributed by atoms with van der Waals surface area (Å²) in [6.45, 7) is 0. The summed E-state index contributed by atoms with van der Waals surface area (Å²) in [5, 5.41) is 8.51. The quantitative estimate of drug-likeness (QED) is 0.167. The lowest BCUT2D eigenvalue weighted by molar-refractivity contribution is 0.669. The maximum atomic E-state index is 6.35. The molecule has 4 aromatic heterocycles. The molecule has 9 aromatic carbocycles. The third-order valence-electron chi connectivity index (χ3n) is 13.7. The fourth-order valence-corrected chi connectivity index (χ4v) is 11.9. The SMILES string of the molecule is C1=Cc2sc3c(-c4cccc(-c5cccc6c7c8ccccc8ccc7n(-c7cccc(-c8cc(-c9ccc%10c(c9)oc9ccccc9%10)nc(-c9ccccc9)n8)c7)c56)c4)cccc3c2CC1. The third kappa shape index (κ3) is 6.12. The van der Waals surface area contributed by atoms with Crippen molar-refractivity contribution in [1.29, 1.82) is 0 Å². The van der Waals surface area contributed by atoms with E-state index in [1.54, 1.807) is 0 Å². The number of benzene rings is 9. The molecule has 1 aliphatic rings. The van der Waals surface area contributed by atoms with E-state index < -0.39 is 0 Å². The van der Waals surface area contributed by atoms with E-state index in [4.69, 9.17) is 14.4 Å². The van der Waals surface area contributed by atoms with Crippen molar-refractivity contribution < 1.29 is 4.42 Å². The highest BCUT2D eigenvalue weighted by Crippen LogP contribution is 2.45. The van der Waals surface area contributed by atoms with Gasteiger partial charge in [-0.25, -0.2) is 9.97 Å². The van der Waals surface area contributed by atoms with Crippen LogP contribution < -0.4 is 0 Å².